The Hall–Kier alpha value is -1.90. The first-order chi connectivity index (χ1) is 10.0. The van der Waals surface area contributed by atoms with Gasteiger partial charge in [-0.15, -0.1) is 0 Å². The zero-order valence-corrected chi connectivity index (χ0v) is 11.1. The number of aromatic nitrogens is 4. The highest BCUT2D eigenvalue weighted by Gasteiger charge is 2.37. The minimum Gasteiger partial charge on any atom is -0.338 e. The molecule has 3 rings (SSSR count). The largest absolute Gasteiger partial charge is 0.455 e. The maximum Gasteiger partial charge on any atom is 0.455 e. The first kappa shape index (κ1) is 14.1. The van der Waals surface area contributed by atoms with Crippen LogP contribution in [0.3, 0.4) is 0 Å². The van der Waals surface area contributed by atoms with Crippen molar-refractivity contribution in [3.8, 4) is 0 Å². The van der Waals surface area contributed by atoms with Crippen LogP contribution < -0.4 is 0 Å². The summed E-state index contributed by atoms with van der Waals surface area (Å²) in [5.41, 5.74) is 1.04. The minimum atomic E-state index is -4.57. The maximum atomic E-state index is 12.4. The molecule has 3 heterocycles. The van der Waals surface area contributed by atoms with Crippen LogP contribution in [-0.4, -0.2) is 38.3 Å². The number of aromatic amines is 1. The lowest BCUT2D eigenvalue weighted by Gasteiger charge is -2.30. The summed E-state index contributed by atoms with van der Waals surface area (Å²) in [6, 6.07) is 1.92. The van der Waals surface area contributed by atoms with Crippen LogP contribution in [0.1, 0.15) is 36.2 Å². The smallest absolute Gasteiger partial charge is 0.338 e. The number of likely N-dealkylation sites (tertiary alicyclic amines) is 1. The van der Waals surface area contributed by atoms with Crippen LogP contribution in [0.15, 0.2) is 16.8 Å². The number of H-pyrrole nitrogens is 1. The predicted octanol–water partition coefficient (Wildman–Crippen LogP) is 2.19. The SMILES string of the molecule is FC(F)(F)c1noc(CN2CCC[C@@H](c3ccn[nH]3)C2)n1. The van der Waals surface area contributed by atoms with Gasteiger partial charge < -0.3 is 4.52 Å². The lowest BCUT2D eigenvalue weighted by molar-refractivity contribution is -0.146. The second kappa shape index (κ2) is 5.47. The van der Waals surface area contributed by atoms with E-state index < -0.39 is 12.0 Å². The maximum absolute atomic E-state index is 12.4. The number of nitrogens with zero attached hydrogens (tertiary/aromatic N) is 4. The molecule has 0 saturated carbocycles. The second-order valence-corrected chi connectivity index (χ2v) is 5.10. The van der Waals surface area contributed by atoms with Gasteiger partial charge in [-0.3, -0.25) is 10.00 Å². The molecule has 21 heavy (non-hydrogen) atoms. The van der Waals surface area contributed by atoms with Gasteiger partial charge in [-0.25, -0.2) is 0 Å². The van der Waals surface area contributed by atoms with E-state index in [1.165, 1.54) is 0 Å². The molecular formula is C12H14F3N5O. The van der Waals surface area contributed by atoms with Crippen LogP contribution in [0.2, 0.25) is 0 Å². The Morgan fingerprint density at radius 2 is 2.29 bits per heavy atom. The molecule has 0 aromatic carbocycles. The average molecular weight is 301 g/mol. The lowest BCUT2D eigenvalue weighted by Crippen LogP contribution is -2.34. The number of alkyl halides is 3. The lowest BCUT2D eigenvalue weighted by atomic mass is 9.95. The fraction of sp³-hybridized carbons (Fsp3) is 0.583. The molecule has 9 heteroatoms. The van der Waals surface area contributed by atoms with Gasteiger partial charge in [-0.1, -0.05) is 5.16 Å². The van der Waals surface area contributed by atoms with Crippen molar-refractivity contribution in [1.82, 2.24) is 25.2 Å². The summed E-state index contributed by atoms with van der Waals surface area (Å²) in [5.74, 6) is -0.932. The Morgan fingerprint density at radius 1 is 1.43 bits per heavy atom. The van der Waals surface area contributed by atoms with Crippen LogP contribution in [0.5, 0.6) is 0 Å². The molecule has 1 aliphatic rings. The zero-order valence-electron chi connectivity index (χ0n) is 11.1. The molecular weight excluding hydrogens is 287 g/mol. The van der Waals surface area contributed by atoms with Gasteiger partial charge in [0.05, 0.1) is 6.54 Å². The molecule has 1 atom stereocenters. The van der Waals surface area contributed by atoms with E-state index in [9.17, 15) is 13.2 Å². The molecule has 114 valence electrons. The number of rotatable bonds is 3. The van der Waals surface area contributed by atoms with Crippen LogP contribution in [0.4, 0.5) is 13.2 Å². The third-order valence-electron chi connectivity index (χ3n) is 3.55. The van der Waals surface area contributed by atoms with Gasteiger partial charge in [-0.05, 0) is 25.5 Å². The van der Waals surface area contributed by atoms with Crippen LogP contribution in [0.25, 0.3) is 0 Å². The van der Waals surface area contributed by atoms with E-state index in [1.807, 2.05) is 11.0 Å². The summed E-state index contributed by atoms with van der Waals surface area (Å²) in [7, 11) is 0. The van der Waals surface area contributed by atoms with E-state index in [2.05, 4.69) is 24.9 Å². The number of halogens is 3. The summed E-state index contributed by atoms with van der Waals surface area (Å²) in [5, 5.41) is 9.83. The molecule has 0 amide bonds. The van der Waals surface area contributed by atoms with Gasteiger partial charge in [0, 0.05) is 24.4 Å². The third kappa shape index (κ3) is 3.23. The number of hydrogen-bond donors (Lipinski definition) is 1. The molecule has 0 spiro atoms. The Labute approximate surface area is 118 Å². The van der Waals surface area contributed by atoms with Gasteiger partial charge in [0.15, 0.2) is 0 Å². The molecule has 2 aromatic heterocycles. The highest BCUT2D eigenvalue weighted by molar-refractivity contribution is 5.07. The quantitative estimate of drug-likeness (QED) is 0.941. The molecule has 1 saturated heterocycles. The summed E-state index contributed by atoms with van der Waals surface area (Å²) in [4.78, 5) is 5.42. The predicted molar refractivity (Wildman–Crippen MR) is 65.1 cm³/mol. The van der Waals surface area contributed by atoms with Crippen LogP contribution >= 0.6 is 0 Å². The first-order valence-corrected chi connectivity index (χ1v) is 6.64. The van der Waals surface area contributed by atoms with Crippen molar-refractivity contribution < 1.29 is 17.7 Å². The van der Waals surface area contributed by atoms with Gasteiger partial charge in [0.25, 0.3) is 5.82 Å². The molecule has 1 aliphatic heterocycles. The van der Waals surface area contributed by atoms with E-state index in [-0.39, 0.29) is 12.4 Å². The van der Waals surface area contributed by atoms with Crippen molar-refractivity contribution in [1.29, 1.82) is 0 Å². The zero-order chi connectivity index (χ0) is 14.9. The van der Waals surface area contributed by atoms with Crippen molar-refractivity contribution in [3.05, 3.63) is 29.7 Å². The van der Waals surface area contributed by atoms with Crippen LogP contribution in [0, 0.1) is 0 Å². The Bertz CT molecular complexity index is 580. The highest BCUT2D eigenvalue weighted by atomic mass is 19.4. The van der Waals surface area contributed by atoms with Crippen molar-refractivity contribution >= 4 is 0 Å². The average Bonchev–Trinajstić information content (AvgIpc) is 3.09. The van der Waals surface area contributed by atoms with E-state index in [1.54, 1.807) is 6.20 Å². The number of nitrogens with one attached hydrogen (secondary N) is 1. The van der Waals surface area contributed by atoms with E-state index in [0.717, 1.165) is 31.6 Å². The van der Waals surface area contributed by atoms with Gasteiger partial charge >= 0.3 is 6.18 Å². The molecule has 6 nitrogen and oxygen atoms in total. The fourth-order valence-electron chi connectivity index (χ4n) is 2.57. The summed E-state index contributed by atoms with van der Waals surface area (Å²) in [6.45, 7) is 1.76. The fourth-order valence-corrected chi connectivity index (χ4v) is 2.57. The minimum absolute atomic E-state index is 0.00687. The van der Waals surface area contributed by atoms with Crippen molar-refractivity contribution in [3.63, 3.8) is 0 Å². The monoisotopic (exact) mass is 301 g/mol. The molecule has 0 unspecified atom stereocenters. The van der Waals surface area contributed by atoms with E-state index in [4.69, 9.17) is 0 Å². The Morgan fingerprint density at radius 3 is 2.95 bits per heavy atom. The van der Waals surface area contributed by atoms with Crippen LogP contribution in [-0.2, 0) is 12.7 Å². The number of piperidine rings is 1. The summed E-state index contributed by atoms with van der Waals surface area (Å²) < 4.78 is 41.9. The summed E-state index contributed by atoms with van der Waals surface area (Å²) in [6.07, 6.45) is -0.885. The molecule has 1 N–H and O–H groups in total. The second-order valence-electron chi connectivity index (χ2n) is 5.10. The normalized spacial score (nSPS) is 20.8. The van der Waals surface area contributed by atoms with E-state index in [0.29, 0.717) is 5.92 Å². The van der Waals surface area contributed by atoms with E-state index >= 15 is 0 Å². The Balaban J connectivity index is 1.63. The molecule has 0 bridgehead atoms. The standard InChI is InChI=1S/C12H14F3N5O/c13-12(14,15)11-17-10(21-19-11)7-20-5-1-2-8(6-20)9-3-4-16-18-9/h3-4,8H,1-2,5-7H2,(H,16,18)/t8-/m1/s1. The first-order valence-electron chi connectivity index (χ1n) is 6.64. The van der Waals surface area contributed by atoms with Gasteiger partial charge in [-0.2, -0.15) is 23.3 Å². The molecule has 0 aliphatic carbocycles. The van der Waals surface area contributed by atoms with Crippen molar-refractivity contribution in [2.75, 3.05) is 13.1 Å². The third-order valence-corrected chi connectivity index (χ3v) is 3.55. The van der Waals surface area contributed by atoms with Crippen molar-refractivity contribution in [2.24, 2.45) is 0 Å². The molecule has 1 fully saturated rings. The highest BCUT2D eigenvalue weighted by Crippen LogP contribution is 2.28. The van der Waals surface area contributed by atoms with Gasteiger partial charge in [0.2, 0.25) is 5.89 Å². The molecule has 2 aromatic rings. The van der Waals surface area contributed by atoms with Gasteiger partial charge in [0.1, 0.15) is 0 Å². The molecule has 0 radical (unpaired) electrons. The summed E-state index contributed by atoms with van der Waals surface area (Å²) >= 11 is 0. The topological polar surface area (TPSA) is 70.8 Å². The van der Waals surface area contributed by atoms with Crippen molar-refractivity contribution in [2.45, 2.75) is 31.5 Å². The Kier molecular flexibility index (Phi) is 3.66. The number of hydrogen-bond acceptors (Lipinski definition) is 5.